The van der Waals surface area contributed by atoms with Crippen molar-refractivity contribution in [3.05, 3.63) is 47.3 Å². The van der Waals surface area contributed by atoms with Crippen molar-refractivity contribution in [3.63, 3.8) is 0 Å². The molecule has 0 radical (unpaired) electrons. The van der Waals surface area contributed by atoms with Gasteiger partial charge in [-0.3, -0.25) is 0 Å². The first-order chi connectivity index (χ1) is 7.72. The second-order valence-corrected chi connectivity index (χ2v) is 3.57. The number of rotatable bonds is 1. The van der Waals surface area contributed by atoms with Gasteiger partial charge >= 0.3 is 0 Å². The van der Waals surface area contributed by atoms with Crippen LogP contribution in [0.25, 0.3) is 11.4 Å². The van der Waals surface area contributed by atoms with Crippen molar-refractivity contribution in [2.45, 2.75) is 13.8 Å². The largest absolute Gasteiger partial charge is 0.232 e. The molecule has 0 unspecified atom stereocenters. The number of nitrogens with zero attached hydrogens (tertiary/aromatic N) is 3. The van der Waals surface area contributed by atoms with Gasteiger partial charge in [0, 0.05) is 5.56 Å². The monoisotopic (exact) mass is 209 g/mol. The molecule has 0 bridgehead atoms. The Hall–Kier alpha value is -2.21. The van der Waals surface area contributed by atoms with E-state index in [2.05, 4.69) is 16.0 Å². The fraction of sp³-hybridized carbons (Fsp3) is 0.154. The Kier molecular flexibility index (Phi) is 2.65. The average molecular weight is 209 g/mol. The first-order valence-corrected chi connectivity index (χ1v) is 5.03. The normalized spacial score (nSPS) is 9.81. The summed E-state index contributed by atoms with van der Waals surface area (Å²) in [5.74, 6) is 0.676. The van der Waals surface area contributed by atoms with Crippen LogP contribution in [0.2, 0.25) is 0 Å². The van der Waals surface area contributed by atoms with Gasteiger partial charge in [0.25, 0.3) is 0 Å². The third kappa shape index (κ3) is 1.78. The molecule has 0 N–H and O–H groups in total. The molecule has 0 aliphatic carbocycles. The summed E-state index contributed by atoms with van der Waals surface area (Å²) in [5, 5.41) is 8.93. The van der Waals surface area contributed by atoms with Gasteiger partial charge in [-0.25, -0.2) is 9.97 Å². The summed E-state index contributed by atoms with van der Waals surface area (Å²) in [6.45, 7) is 3.67. The second kappa shape index (κ2) is 4.11. The van der Waals surface area contributed by atoms with Crippen molar-refractivity contribution in [2.75, 3.05) is 0 Å². The van der Waals surface area contributed by atoms with E-state index in [4.69, 9.17) is 5.26 Å². The molecule has 3 nitrogen and oxygen atoms in total. The van der Waals surface area contributed by atoms with Crippen molar-refractivity contribution >= 4 is 0 Å². The molecular formula is C13H11N3. The highest BCUT2D eigenvalue weighted by atomic mass is 14.9. The molecule has 2 aromatic rings. The number of aryl methyl sites for hydroxylation is 2. The lowest BCUT2D eigenvalue weighted by molar-refractivity contribution is 1.05. The van der Waals surface area contributed by atoms with Crippen molar-refractivity contribution in [1.29, 1.82) is 5.26 Å². The molecule has 78 valence electrons. The predicted molar refractivity (Wildman–Crippen MR) is 61.7 cm³/mol. The quantitative estimate of drug-likeness (QED) is 0.725. The Labute approximate surface area is 94.4 Å². The maximum Gasteiger partial charge on any atom is 0.159 e. The van der Waals surface area contributed by atoms with Gasteiger partial charge in [0.15, 0.2) is 5.82 Å². The van der Waals surface area contributed by atoms with E-state index in [-0.39, 0.29) is 0 Å². The Bertz CT molecular complexity index is 530. The molecule has 0 amide bonds. The maximum atomic E-state index is 8.93. The number of nitriles is 1. The summed E-state index contributed by atoms with van der Waals surface area (Å²) in [6.07, 6.45) is 0. The molecule has 0 saturated heterocycles. The van der Waals surface area contributed by atoms with Crippen LogP contribution in [0.1, 0.15) is 17.0 Å². The molecule has 16 heavy (non-hydrogen) atoms. The minimum Gasteiger partial charge on any atom is -0.232 e. The van der Waals surface area contributed by atoms with Crippen molar-refractivity contribution in [1.82, 2.24) is 9.97 Å². The maximum absolute atomic E-state index is 8.93. The summed E-state index contributed by atoms with van der Waals surface area (Å²) >= 11 is 0. The Morgan fingerprint density at radius 2 is 1.56 bits per heavy atom. The van der Waals surface area contributed by atoms with Gasteiger partial charge in [-0.15, -0.1) is 0 Å². The van der Waals surface area contributed by atoms with Gasteiger partial charge in [0.05, 0.1) is 17.0 Å². The predicted octanol–water partition coefficient (Wildman–Crippen LogP) is 2.63. The van der Waals surface area contributed by atoms with E-state index >= 15 is 0 Å². The van der Waals surface area contributed by atoms with Crippen molar-refractivity contribution < 1.29 is 0 Å². The van der Waals surface area contributed by atoms with Crippen LogP contribution in [0.5, 0.6) is 0 Å². The first kappa shape index (κ1) is 10.3. The topological polar surface area (TPSA) is 49.6 Å². The fourth-order valence-corrected chi connectivity index (χ4v) is 1.59. The van der Waals surface area contributed by atoms with Gasteiger partial charge in [0.1, 0.15) is 6.07 Å². The molecular weight excluding hydrogens is 198 g/mol. The van der Waals surface area contributed by atoms with E-state index in [0.717, 1.165) is 17.0 Å². The fourth-order valence-electron chi connectivity index (χ4n) is 1.59. The molecule has 1 heterocycles. The van der Waals surface area contributed by atoms with Crippen LogP contribution in [0.15, 0.2) is 30.3 Å². The Morgan fingerprint density at radius 1 is 1.00 bits per heavy atom. The molecule has 0 saturated carbocycles. The summed E-state index contributed by atoms with van der Waals surface area (Å²) < 4.78 is 0. The summed E-state index contributed by atoms with van der Waals surface area (Å²) in [4.78, 5) is 8.68. The van der Waals surface area contributed by atoms with Crippen LogP contribution in [0.3, 0.4) is 0 Å². The third-order valence-electron chi connectivity index (χ3n) is 2.41. The van der Waals surface area contributed by atoms with Crippen molar-refractivity contribution in [3.8, 4) is 17.5 Å². The molecule has 0 aliphatic rings. The molecule has 0 spiro atoms. The first-order valence-electron chi connectivity index (χ1n) is 5.03. The highest BCUT2D eigenvalue weighted by Gasteiger charge is 2.08. The number of hydrogen-bond donors (Lipinski definition) is 0. The molecule has 3 heteroatoms. The SMILES string of the molecule is Cc1nc(-c2ccccc2)nc(C)c1C#N. The van der Waals surface area contributed by atoms with Gasteiger partial charge in [-0.05, 0) is 13.8 Å². The van der Waals surface area contributed by atoms with Gasteiger partial charge in [-0.1, -0.05) is 30.3 Å². The third-order valence-corrected chi connectivity index (χ3v) is 2.41. The molecule has 1 aromatic heterocycles. The van der Waals surface area contributed by atoms with Crippen LogP contribution in [0, 0.1) is 25.2 Å². The van der Waals surface area contributed by atoms with E-state index in [9.17, 15) is 0 Å². The zero-order chi connectivity index (χ0) is 11.5. The van der Waals surface area contributed by atoms with Crippen LogP contribution in [-0.4, -0.2) is 9.97 Å². The molecule has 0 atom stereocenters. The van der Waals surface area contributed by atoms with Gasteiger partial charge in [0.2, 0.25) is 0 Å². The summed E-state index contributed by atoms with van der Waals surface area (Å²) in [5.41, 5.74) is 3.00. The second-order valence-electron chi connectivity index (χ2n) is 3.57. The zero-order valence-electron chi connectivity index (χ0n) is 9.23. The smallest absolute Gasteiger partial charge is 0.159 e. The molecule has 2 rings (SSSR count). The number of aromatic nitrogens is 2. The van der Waals surface area contributed by atoms with Crippen LogP contribution in [0.4, 0.5) is 0 Å². The minimum atomic E-state index is 0.569. The highest BCUT2D eigenvalue weighted by Crippen LogP contribution is 2.17. The lowest BCUT2D eigenvalue weighted by atomic mass is 10.1. The number of benzene rings is 1. The minimum absolute atomic E-state index is 0.569. The molecule has 0 aliphatic heterocycles. The van der Waals surface area contributed by atoms with Crippen LogP contribution >= 0.6 is 0 Å². The molecule has 1 aromatic carbocycles. The van der Waals surface area contributed by atoms with Gasteiger partial charge in [-0.2, -0.15) is 5.26 Å². The standard InChI is InChI=1S/C13H11N3/c1-9-12(8-14)10(2)16-13(15-9)11-6-4-3-5-7-11/h3-7H,1-2H3. The lowest BCUT2D eigenvalue weighted by Crippen LogP contribution is -1.99. The highest BCUT2D eigenvalue weighted by molar-refractivity contribution is 5.56. The van der Waals surface area contributed by atoms with Crippen LogP contribution < -0.4 is 0 Å². The van der Waals surface area contributed by atoms with Crippen molar-refractivity contribution in [2.24, 2.45) is 0 Å². The summed E-state index contributed by atoms with van der Waals surface area (Å²) in [6, 6.07) is 11.9. The number of hydrogen-bond acceptors (Lipinski definition) is 3. The average Bonchev–Trinajstić information content (AvgIpc) is 2.30. The molecule has 0 fully saturated rings. The van der Waals surface area contributed by atoms with Gasteiger partial charge < -0.3 is 0 Å². The summed E-state index contributed by atoms with van der Waals surface area (Å²) in [7, 11) is 0. The van der Waals surface area contributed by atoms with E-state index in [1.165, 1.54) is 0 Å². The van der Waals surface area contributed by atoms with E-state index < -0.39 is 0 Å². The lowest BCUT2D eigenvalue weighted by Gasteiger charge is -2.05. The Balaban J connectivity index is 2.58. The zero-order valence-corrected chi connectivity index (χ0v) is 9.23. The van der Waals surface area contributed by atoms with E-state index in [1.54, 1.807) is 0 Å². The Morgan fingerprint density at radius 3 is 2.06 bits per heavy atom. The van der Waals surface area contributed by atoms with Crippen LogP contribution in [-0.2, 0) is 0 Å². The van der Waals surface area contributed by atoms with E-state index in [1.807, 2.05) is 44.2 Å². The van der Waals surface area contributed by atoms with E-state index in [0.29, 0.717) is 11.4 Å².